The van der Waals surface area contributed by atoms with Crippen LogP contribution in [0.2, 0.25) is 5.02 Å². The van der Waals surface area contributed by atoms with Gasteiger partial charge in [-0.1, -0.05) is 29.9 Å². The number of hydrogen-bond acceptors (Lipinski definition) is 9. The number of carboxylic acids is 1. The molecule has 0 bridgehead atoms. The summed E-state index contributed by atoms with van der Waals surface area (Å²) in [7, 11) is 0. The highest BCUT2D eigenvalue weighted by atomic mass is 35.5. The molecule has 12 heteroatoms. The summed E-state index contributed by atoms with van der Waals surface area (Å²) in [5.41, 5.74) is 1.04. The number of aromatic nitrogens is 5. The van der Waals surface area contributed by atoms with Crippen molar-refractivity contribution in [3.63, 3.8) is 0 Å². The number of thiazole rings is 1. The molecule has 2 fully saturated rings. The molecule has 10 nitrogen and oxygen atoms in total. The van der Waals surface area contributed by atoms with Gasteiger partial charge < -0.3 is 19.6 Å². The molecular weight excluding hydrogens is 466 g/mol. The SMILES string of the molecule is CCCOc1ccc(Cl)c(N2CC3CN(c4ncc(-c5nnn(CC(=O)O)n5)s4)CC3C2)c1. The maximum Gasteiger partial charge on any atom is 0.327 e. The van der Waals surface area contributed by atoms with Crippen LogP contribution in [0.1, 0.15) is 13.3 Å². The number of aliphatic carboxylic acids is 1. The number of hydrogen-bond donors (Lipinski definition) is 1. The quantitative estimate of drug-likeness (QED) is 0.510. The Labute approximate surface area is 199 Å². The lowest BCUT2D eigenvalue weighted by Crippen LogP contribution is -2.28. The highest BCUT2D eigenvalue weighted by molar-refractivity contribution is 7.18. The molecule has 2 aliphatic heterocycles. The molecule has 0 amide bonds. The molecule has 5 rings (SSSR count). The average molecular weight is 490 g/mol. The molecule has 2 aliphatic rings. The molecule has 33 heavy (non-hydrogen) atoms. The van der Waals surface area contributed by atoms with E-state index in [1.165, 1.54) is 11.3 Å². The van der Waals surface area contributed by atoms with E-state index in [2.05, 4.69) is 43.2 Å². The van der Waals surface area contributed by atoms with E-state index in [1.807, 2.05) is 12.1 Å². The molecule has 2 unspecified atom stereocenters. The van der Waals surface area contributed by atoms with Gasteiger partial charge in [-0.05, 0) is 23.8 Å². The zero-order valence-electron chi connectivity index (χ0n) is 18.1. The number of fused-ring (bicyclic) bond motifs is 1. The molecule has 1 aromatic carbocycles. The van der Waals surface area contributed by atoms with Gasteiger partial charge in [-0.2, -0.15) is 4.80 Å². The summed E-state index contributed by atoms with van der Waals surface area (Å²) in [4.78, 5) is 21.9. The van der Waals surface area contributed by atoms with Crippen molar-refractivity contribution in [1.82, 2.24) is 25.2 Å². The predicted molar refractivity (Wildman–Crippen MR) is 125 cm³/mol. The predicted octanol–water partition coefficient (Wildman–Crippen LogP) is 2.90. The Balaban J connectivity index is 1.23. The van der Waals surface area contributed by atoms with Crippen molar-refractivity contribution in [3.05, 3.63) is 29.4 Å². The van der Waals surface area contributed by atoms with E-state index in [1.54, 1.807) is 6.20 Å². The van der Waals surface area contributed by atoms with Gasteiger partial charge in [0.2, 0.25) is 5.82 Å². The fourth-order valence-corrected chi connectivity index (χ4v) is 5.53. The largest absolute Gasteiger partial charge is 0.494 e. The molecular formula is C21H24ClN7O3S. The lowest BCUT2D eigenvalue weighted by molar-refractivity contribution is -0.138. The molecule has 2 aromatic heterocycles. The van der Waals surface area contributed by atoms with E-state index < -0.39 is 5.97 Å². The second-order valence-electron chi connectivity index (χ2n) is 8.34. The summed E-state index contributed by atoms with van der Waals surface area (Å²) < 4.78 is 5.79. The fraction of sp³-hybridized carbons (Fsp3) is 0.476. The van der Waals surface area contributed by atoms with Crippen LogP contribution in [0.15, 0.2) is 24.4 Å². The van der Waals surface area contributed by atoms with E-state index in [-0.39, 0.29) is 6.54 Å². The van der Waals surface area contributed by atoms with Crippen LogP contribution in [-0.2, 0) is 11.3 Å². The Bertz CT molecular complexity index is 1140. The van der Waals surface area contributed by atoms with Crippen LogP contribution in [0.4, 0.5) is 10.8 Å². The standard InChI is InChI=1S/C21H24ClN7O3S/c1-2-5-32-15-3-4-16(22)17(6-15)27-8-13-10-28(11-14(13)9-27)21-23-7-18(33-21)20-24-26-29(25-20)12-19(30)31/h3-4,6-7,13-14H,2,5,8-12H2,1H3,(H,30,31). The lowest BCUT2D eigenvalue weighted by atomic mass is 10.0. The molecule has 4 heterocycles. The van der Waals surface area contributed by atoms with Crippen molar-refractivity contribution in [2.45, 2.75) is 19.9 Å². The number of benzene rings is 1. The normalized spacial score (nSPS) is 19.8. The molecule has 0 saturated carbocycles. The zero-order valence-corrected chi connectivity index (χ0v) is 19.7. The number of carbonyl (C=O) groups is 1. The summed E-state index contributed by atoms with van der Waals surface area (Å²) in [5, 5.41) is 22.4. The van der Waals surface area contributed by atoms with Crippen molar-refractivity contribution in [2.24, 2.45) is 11.8 Å². The number of ether oxygens (including phenoxy) is 1. The average Bonchev–Trinajstić information content (AvgIpc) is 3.55. The minimum absolute atomic E-state index is 0.317. The highest BCUT2D eigenvalue weighted by Gasteiger charge is 2.41. The first-order valence-corrected chi connectivity index (χ1v) is 12.1. The van der Waals surface area contributed by atoms with Crippen LogP contribution in [0.5, 0.6) is 5.75 Å². The minimum atomic E-state index is -1.01. The first kappa shape index (κ1) is 21.9. The molecule has 0 aliphatic carbocycles. The van der Waals surface area contributed by atoms with Gasteiger partial charge >= 0.3 is 5.97 Å². The molecule has 0 spiro atoms. The van der Waals surface area contributed by atoms with Gasteiger partial charge in [-0.15, -0.1) is 10.2 Å². The van der Waals surface area contributed by atoms with Crippen molar-refractivity contribution >= 4 is 39.7 Å². The summed E-state index contributed by atoms with van der Waals surface area (Å²) in [5.74, 6) is 1.30. The Morgan fingerprint density at radius 1 is 1.24 bits per heavy atom. The topological polar surface area (TPSA) is 110 Å². The van der Waals surface area contributed by atoms with Gasteiger partial charge in [0.25, 0.3) is 0 Å². The highest BCUT2D eigenvalue weighted by Crippen LogP contribution is 2.40. The van der Waals surface area contributed by atoms with Crippen molar-refractivity contribution < 1.29 is 14.6 Å². The van der Waals surface area contributed by atoms with Crippen LogP contribution in [0.25, 0.3) is 10.7 Å². The van der Waals surface area contributed by atoms with Crippen LogP contribution in [-0.4, -0.2) is 69.1 Å². The number of tetrazole rings is 1. The Kier molecular flexibility index (Phi) is 6.07. The van der Waals surface area contributed by atoms with Gasteiger partial charge in [0, 0.05) is 44.1 Å². The van der Waals surface area contributed by atoms with Crippen molar-refractivity contribution in [1.29, 1.82) is 0 Å². The second-order valence-corrected chi connectivity index (χ2v) is 9.75. The maximum absolute atomic E-state index is 10.8. The molecule has 174 valence electrons. The van der Waals surface area contributed by atoms with Crippen molar-refractivity contribution in [2.75, 3.05) is 42.6 Å². The van der Waals surface area contributed by atoms with Crippen LogP contribution < -0.4 is 14.5 Å². The number of halogens is 1. The molecule has 0 radical (unpaired) electrons. The molecule has 1 N–H and O–H groups in total. The third-order valence-corrected chi connectivity index (χ3v) is 7.30. The minimum Gasteiger partial charge on any atom is -0.494 e. The smallest absolute Gasteiger partial charge is 0.327 e. The van der Waals surface area contributed by atoms with Gasteiger partial charge in [-0.3, -0.25) is 4.79 Å². The Hall–Kier alpha value is -2.92. The van der Waals surface area contributed by atoms with Gasteiger partial charge in [0.05, 0.1) is 28.4 Å². The van der Waals surface area contributed by atoms with Crippen LogP contribution >= 0.6 is 22.9 Å². The third-order valence-electron chi connectivity index (χ3n) is 5.93. The molecule has 3 aromatic rings. The van der Waals surface area contributed by atoms with Crippen LogP contribution in [0.3, 0.4) is 0 Å². The van der Waals surface area contributed by atoms with Crippen LogP contribution in [0, 0.1) is 11.8 Å². The summed E-state index contributed by atoms with van der Waals surface area (Å²) >= 11 is 8.02. The number of rotatable bonds is 8. The summed E-state index contributed by atoms with van der Waals surface area (Å²) in [6.45, 7) is 6.22. The number of carboxylic acid groups (broad SMARTS) is 1. The monoisotopic (exact) mass is 489 g/mol. The van der Waals surface area contributed by atoms with Gasteiger partial charge in [-0.25, -0.2) is 4.98 Å². The Morgan fingerprint density at radius 2 is 2.00 bits per heavy atom. The fourth-order valence-electron chi connectivity index (χ4n) is 4.43. The van der Waals surface area contributed by atoms with Gasteiger partial charge in [0.1, 0.15) is 5.75 Å². The van der Waals surface area contributed by atoms with Gasteiger partial charge in [0.15, 0.2) is 11.7 Å². The van der Waals surface area contributed by atoms with E-state index in [0.717, 1.165) is 63.9 Å². The molecule has 2 saturated heterocycles. The first-order chi connectivity index (χ1) is 16.0. The zero-order chi connectivity index (χ0) is 22.9. The van der Waals surface area contributed by atoms with E-state index in [9.17, 15) is 4.79 Å². The van der Waals surface area contributed by atoms with Crippen molar-refractivity contribution in [3.8, 4) is 16.5 Å². The third kappa shape index (κ3) is 4.60. The summed E-state index contributed by atoms with van der Waals surface area (Å²) in [6.07, 6.45) is 2.70. The second kappa shape index (κ2) is 9.14. The maximum atomic E-state index is 10.8. The van der Waals surface area contributed by atoms with E-state index in [4.69, 9.17) is 21.4 Å². The number of anilines is 2. The Morgan fingerprint density at radius 3 is 2.73 bits per heavy atom. The number of nitrogens with zero attached hydrogens (tertiary/aromatic N) is 7. The molecule has 2 atom stereocenters. The lowest BCUT2D eigenvalue weighted by Gasteiger charge is -2.24. The summed E-state index contributed by atoms with van der Waals surface area (Å²) in [6, 6.07) is 5.89. The van der Waals surface area contributed by atoms with E-state index in [0.29, 0.717) is 24.3 Å². The van der Waals surface area contributed by atoms with E-state index >= 15 is 0 Å². The first-order valence-electron chi connectivity index (χ1n) is 10.9.